The van der Waals surface area contributed by atoms with Crippen molar-refractivity contribution in [2.45, 2.75) is 0 Å². The first-order chi connectivity index (χ1) is 3.84. The Morgan fingerprint density at radius 1 is 1.75 bits per heavy atom. The fourth-order valence-corrected chi connectivity index (χ4v) is 0.423. The molecule has 1 fully saturated rings. The van der Waals surface area contributed by atoms with Gasteiger partial charge in [-0.3, -0.25) is 10.2 Å². The molecule has 0 atom stereocenters. The highest BCUT2D eigenvalue weighted by molar-refractivity contribution is 5.95. The van der Waals surface area contributed by atoms with E-state index in [1.807, 2.05) is 5.87 Å². The Balaban J connectivity index is 2.44. The molecule has 0 aromatic carbocycles. The maximum Gasteiger partial charge on any atom is 0.256 e. The summed E-state index contributed by atoms with van der Waals surface area (Å²) in [6.45, 7) is 1.69. The van der Waals surface area contributed by atoms with Crippen LogP contribution in [0.3, 0.4) is 0 Å². The second-order valence-electron chi connectivity index (χ2n) is 1.61. The van der Waals surface area contributed by atoms with Crippen LogP contribution in [0.4, 0.5) is 0 Å². The number of nitrogens with zero attached hydrogens (tertiary/aromatic N) is 1. The van der Waals surface area contributed by atoms with Crippen molar-refractivity contribution < 1.29 is 4.79 Å². The van der Waals surface area contributed by atoms with Gasteiger partial charge in [0.05, 0.1) is 6.08 Å². The zero-order valence-electron chi connectivity index (χ0n) is 4.35. The molecule has 0 radical (unpaired) electrons. The van der Waals surface area contributed by atoms with Gasteiger partial charge in [-0.25, -0.2) is 0 Å². The van der Waals surface area contributed by atoms with Gasteiger partial charge in [-0.1, -0.05) is 0 Å². The van der Waals surface area contributed by atoms with E-state index >= 15 is 0 Å². The van der Waals surface area contributed by atoms with Gasteiger partial charge in [0.25, 0.3) is 5.91 Å². The molecule has 1 aliphatic rings. The third kappa shape index (κ3) is 0.950. The van der Waals surface area contributed by atoms with Crippen molar-refractivity contribution in [3.63, 3.8) is 0 Å². The SMILES string of the molecule is N=C=CC(=O)N1CC1. The molecule has 0 aromatic heterocycles. The monoisotopic (exact) mass is 110 g/mol. The average Bonchev–Trinajstić information content (AvgIpc) is 2.45. The molecular formula is C5H6N2O. The number of nitrogens with one attached hydrogen (secondary N) is 1. The standard InChI is InChI=1S/C5H6N2O/c6-2-1-5(8)7-3-4-7/h1,6H,3-4H2. The minimum absolute atomic E-state index is 0.0972. The van der Waals surface area contributed by atoms with Crippen LogP contribution in [0.2, 0.25) is 0 Å². The van der Waals surface area contributed by atoms with E-state index in [4.69, 9.17) is 5.41 Å². The Morgan fingerprint density at radius 2 is 2.38 bits per heavy atom. The summed E-state index contributed by atoms with van der Waals surface area (Å²) < 4.78 is 0. The number of hydrogen-bond acceptors (Lipinski definition) is 2. The van der Waals surface area contributed by atoms with Crippen LogP contribution in [-0.4, -0.2) is 29.8 Å². The third-order valence-corrected chi connectivity index (χ3v) is 0.955. The summed E-state index contributed by atoms with van der Waals surface area (Å²) in [5.74, 6) is 1.83. The summed E-state index contributed by atoms with van der Waals surface area (Å²) in [6.07, 6.45) is 1.13. The number of amides is 1. The fraction of sp³-hybridized carbons (Fsp3) is 0.400. The van der Waals surface area contributed by atoms with E-state index in [2.05, 4.69) is 0 Å². The van der Waals surface area contributed by atoms with Gasteiger partial charge in [0, 0.05) is 13.1 Å². The van der Waals surface area contributed by atoms with Crippen LogP contribution >= 0.6 is 0 Å². The first-order valence-electron chi connectivity index (χ1n) is 2.39. The molecule has 1 N–H and O–H groups in total. The Hall–Kier alpha value is -1.08. The minimum Gasteiger partial charge on any atom is -0.335 e. The van der Waals surface area contributed by atoms with E-state index in [0.29, 0.717) is 0 Å². The molecule has 0 saturated carbocycles. The molecule has 1 rings (SSSR count). The smallest absolute Gasteiger partial charge is 0.256 e. The van der Waals surface area contributed by atoms with Crippen molar-refractivity contribution in [2.24, 2.45) is 0 Å². The van der Waals surface area contributed by atoms with Crippen LogP contribution in [0.15, 0.2) is 6.08 Å². The fourth-order valence-electron chi connectivity index (χ4n) is 0.423. The molecule has 3 heteroatoms. The van der Waals surface area contributed by atoms with Crippen LogP contribution in [0.5, 0.6) is 0 Å². The molecule has 8 heavy (non-hydrogen) atoms. The maximum atomic E-state index is 10.5. The normalized spacial score (nSPS) is 14.8. The zero-order valence-corrected chi connectivity index (χ0v) is 4.35. The highest BCUT2D eigenvalue weighted by Gasteiger charge is 2.21. The van der Waals surface area contributed by atoms with Gasteiger partial charge in [0.1, 0.15) is 0 Å². The molecule has 1 heterocycles. The lowest BCUT2D eigenvalue weighted by molar-refractivity contribution is -0.120. The molecule has 42 valence electrons. The summed E-state index contributed by atoms with van der Waals surface area (Å²) in [7, 11) is 0. The van der Waals surface area contributed by atoms with Crippen molar-refractivity contribution in [2.75, 3.05) is 13.1 Å². The van der Waals surface area contributed by atoms with E-state index in [0.717, 1.165) is 19.2 Å². The first kappa shape index (κ1) is 5.06. The van der Waals surface area contributed by atoms with E-state index in [9.17, 15) is 4.79 Å². The lowest BCUT2D eigenvalue weighted by Crippen LogP contribution is -2.05. The van der Waals surface area contributed by atoms with Gasteiger partial charge >= 0.3 is 0 Å². The highest BCUT2D eigenvalue weighted by atomic mass is 16.2. The summed E-state index contributed by atoms with van der Waals surface area (Å²) in [5.41, 5.74) is 0. The van der Waals surface area contributed by atoms with Crippen molar-refractivity contribution in [1.29, 1.82) is 5.41 Å². The molecule has 1 aliphatic heterocycles. The van der Waals surface area contributed by atoms with E-state index < -0.39 is 0 Å². The van der Waals surface area contributed by atoms with Gasteiger partial charge in [0.15, 0.2) is 0 Å². The average molecular weight is 110 g/mol. The molecule has 0 spiro atoms. The predicted octanol–water partition coefficient (Wildman–Crippen LogP) is -0.367. The quantitative estimate of drug-likeness (QED) is 0.279. The van der Waals surface area contributed by atoms with Crippen LogP contribution in [0, 0.1) is 5.41 Å². The molecule has 1 saturated heterocycles. The largest absolute Gasteiger partial charge is 0.335 e. The van der Waals surface area contributed by atoms with Crippen molar-refractivity contribution >= 4 is 11.8 Å². The molecule has 0 aromatic rings. The van der Waals surface area contributed by atoms with Crippen molar-refractivity contribution in [3.05, 3.63) is 6.08 Å². The summed E-state index contributed by atoms with van der Waals surface area (Å²) in [4.78, 5) is 12.1. The van der Waals surface area contributed by atoms with Crippen molar-refractivity contribution in [3.8, 4) is 0 Å². The lowest BCUT2D eigenvalue weighted by Gasteiger charge is -1.87. The number of carbonyl (C=O) groups excluding carboxylic acids is 1. The molecule has 0 bridgehead atoms. The Labute approximate surface area is 47.1 Å². The summed E-state index contributed by atoms with van der Waals surface area (Å²) >= 11 is 0. The number of carbonyl (C=O) groups is 1. The Kier molecular flexibility index (Phi) is 1.14. The number of rotatable bonds is 1. The van der Waals surface area contributed by atoms with Crippen LogP contribution in [0.1, 0.15) is 0 Å². The predicted molar refractivity (Wildman–Crippen MR) is 28.9 cm³/mol. The van der Waals surface area contributed by atoms with E-state index in [1.54, 1.807) is 4.90 Å². The van der Waals surface area contributed by atoms with Crippen LogP contribution in [0.25, 0.3) is 0 Å². The third-order valence-electron chi connectivity index (χ3n) is 0.955. The van der Waals surface area contributed by atoms with E-state index in [-0.39, 0.29) is 5.91 Å². The van der Waals surface area contributed by atoms with Gasteiger partial charge in [-0.2, -0.15) is 0 Å². The highest BCUT2D eigenvalue weighted by Crippen LogP contribution is 2.02. The Bertz CT molecular complexity index is 154. The number of hydrogen-bond donors (Lipinski definition) is 1. The molecule has 0 unspecified atom stereocenters. The van der Waals surface area contributed by atoms with Crippen molar-refractivity contribution in [1.82, 2.24) is 4.90 Å². The van der Waals surface area contributed by atoms with Gasteiger partial charge in [0.2, 0.25) is 0 Å². The second-order valence-corrected chi connectivity index (χ2v) is 1.61. The van der Waals surface area contributed by atoms with E-state index in [1.165, 1.54) is 0 Å². The second kappa shape index (κ2) is 1.80. The molecule has 3 nitrogen and oxygen atoms in total. The summed E-state index contributed by atoms with van der Waals surface area (Å²) in [6, 6.07) is 0. The van der Waals surface area contributed by atoms with Crippen LogP contribution in [-0.2, 0) is 4.79 Å². The molecule has 0 aliphatic carbocycles. The minimum atomic E-state index is -0.0972. The zero-order chi connectivity index (χ0) is 5.98. The topological polar surface area (TPSA) is 43.9 Å². The molecular weight excluding hydrogens is 104 g/mol. The van der Waals surface area contributed by atoms with Gasteiger partial charge < -0.3 is 4.90 Å². The summed E-state index contributed by atoms with van der Waals surface area (Å²) in [5, 5.41) is 6.40. The van der Waals surface area contributed by atoms with Crippen LogP contribution < -0.4 is 0 Å². The van der Waals surface area contributed by atoms with Gasteiger partial charge in [-0.05, 0) is 5.87 Å². The molecule has 1 amide bonds. The lowest BCUT2D eigenvalue weighted by atomic mass is 10.6. The first-order valence-corrected chi connectivity index (χ1v) is 2.39. The van der Waals surface area contributed by atoms with Gasteiger partial charge in [-0.15, -0.1) is 0 Å². The Morgan fingerprint density at radius 3 is 2.75 bits per heavy atom. The maximum absolute atomic E-state index is 10.5.